The lowest BCUT2D eigenvalue weighted by Crippen LogP contribution is -2.38. The summed E-state index contributed by atoms with van der Waals surface area (Å²) >= 11 is 0. The summed E-state index contributed by atoms with van der Waals surface area (Å²) in [5.41, 5.74) is -0.491. The Hall–Kier alpha value is -0.900. The van der Waals surface area contributed by atoms with Crippen LogP contribution in [0.25, 0.3) is 0 Å². The van der Waals surface area contributed by atoms with E-state index in [0.717, 1.165) is 19.5 Å². The van der Waals surface area contributed by atoms with Gasteiger partial charge in [-0.2, -0.15) is 0 Å². The molecule has 4 heteroatoms. The molecule has 1 heterocycles. The van der Waals surface area contributed by atoms with Crippen molar-refractivity contribution >= 4 is 11.8 Å². The van der Waals surface area contributed by atoms with Gasteiger partial charge in [0, 0.05) is 13.0 Å². The van der Waals surface area contributed by atoms with Crippen LogP contribution in [0, 0.1) is 11.3 Å². The lowest BCUT2D eigenvalue weighted by molar-refractivity contribution is -0.142. The van der Waals surface area contributed by atoms with Gasteiger partial charge in [0.1, 0.15) is 0 Å². The minimum atomic E-state index is -0.491. The van der Waals surface area contributed by atoms with E-state index in [1.165, 1.54) is 4.90 Å². The number of amides is 2. The van der Waals surface area contributed by atoms with Gasteiger partial charge in [-0.15, -0.1) is 0 Å². The predicted molar refractivity (Wildman–Crippen MR) is 67.4 cm³/mol. The normalized spacial score (nSPS) is 25.1. The molecule has 0 saturated carbocycles. The minimum absolute atomic E-state index is 0.00833. The van der Waals surface area contributed by atoms with E-state index in [1.807, 2.05) is 27.7 Å². The molecule has 0 radical (unpaired) electrons. The second-order valence-corrected chi connectivity index (χ2v) is 5.31. The standard InChI is InChI=1S/C13H24N2O2/c1-5-14-7-6-8-15-11(16)9-13(4,10(2)3)12(15)17/h10,14H,5-9H2,1-4H3. The molecule has 1 saturated heterocycles. The molecule has 0 aliphatic carbocycles. The van der Waals surface area contributed by atoms with Gasteiger partial charge in [-0.05, 0) is 32.4 Å². The van der Waals surface area contributed by atoms with Gasteiger partial charge in [-0.25, -0.2) is 0 Å². The van der Waals surface area contributed by atoms with Gasteiger partial charge >= 0.3 is 0 Å². The molecule has 0 aromatic carbocycles. The molecule has 0 aromatic heterocycles. The third-order valence-corrected chi connectivity index (χ3v) is 3.81. The van der Waals surface area contributed by atoms with Crippen LogP contribution < -0.4 is 5.32 Å². The number of imide groups is 1. The van der Waals surface area contributed by atoms with E-state index in [4.69, 9.17) is 0 Å². The Balaban J connectivity index is 2.57. The number of likely N-dealkylation sites (tertiary alicyclic amines) is 1. The number of nitrogens with zero attached hydrogens (tertiary/aromatic N) is 1. The first-order chi connectivity index (χ1) is 7.93. The van der Waals surface area contributed by atoms with Crippen molar-refractivity contribution in [2.45, 2.75) is 40.5 Å². The lowest BCUT2D eigenvalue weighted by atomic mass is 9.78. The van der Waals surface area contributed by atoms with E-state index >= 15 is 0 Å². The molecule has 1 aliphatic rings. The average Bonchev–Trinajstić information content (AvgIpc) is 2.48. The number of hydrogen-bond acceptors (Lipinski definition) is 3. The fraction of sp³-hybridized carbons (Fsp3) is 0.846. The van der Waals surface area contributed by atoms with Gasteiger partial charge in [0.05, 0.1) is 5.41 Å². The summed E-state index contributed by atoms with van der Waals surface area (Å²) in [6, 6.07) is 0. The zero-order valence-corrected chi connectivity index (χ0v) is 11.4. The number of rotatable bonds is 6. The fourth-order valence-electron chi connectivity index (χ4n) is 2.12. The van der Waals surface area contributed by atoms with Gasteiger partial charge in [0.15, 0.2) is 0 Å². The molecule has 1 fully saturated rings. The summed E-state index contributed by atoms with van der Waals surface area (Å²) in [6.45, 7) is 10.3. The number of nitrogens with one attached hydrogen (secondary N) is 1. The zero-order chi connectivity index (χ0) is 13.1. The van der Waals surface area contributed by atoms with Crippen molar-refractivity contribution in [1.82, 2.24) is 10.2 Å². The maximum Gasteiger partial charge on any atom is 0.235 e. The zero-order valence-electron chi connectivity index (χ0n) is 11.4. The van der Waals surface area contributed by atoms with Crippen LogP contribution in [0.2, 0.25) is 0 Å². The molecule has 0 aromatic rings. The molecule has 1 unspecified atom stereocenters. The van der Waals surface area contributed by atoms with E-state index < -0.39 is 5.41 Å². The Morgan fingerprint density at radius 2 is 2.06 bits per heavy atom. The highest BCUT2D eigenvalue weighted by atomic mass is 16.2. The molecule has 1 atom stereocenters. The highest BCUT2D eigenvalue weighted by molar-refractivity contribution is 6.05. The molecule has 2 amide bonds. The van der Waals surface area contributed by atoms with Crippen LogP contribution in [0.3, 0.4) is 0 Å². The monoisotopic (exact) mass is 240 g/mol. The summed E-state index contributed by atoms with van der Waals surface area (Å²) < 4.78 is 0. The number of carbonyl (C=O) groups is 2. The van der Waals surface area contributed by atoms with Crippen molar-refractivity contribution in [2.24, 2.45) is 11.3 Å². The van der Waals surface area contributed by atoms with Crippen molar-refractivity contribution in [3.63, 3.8) is 0 Å². The van der Waals surface area contributed by atoms with Gasteiger partial charge in [0.2, 0.25) is 11.8 Å². The second kappa shape index (κ2) is 5.63. The first-order valence-electron chi connectivity index (χ1n) is 6.49. The summed E-state index contributed by atoms with van der Waals surface area (Å²) in [4.78, 5) is 25.5. The van der Waals surface area contributed by atoms with Crippen molar-refractivity contribution in [3.05, 3.63) is 0 Å². The van der Waals surface area contributed by atoms with Crippen molar-refractivity contribution in [1.29, 1.82) is 0 Å². The quantitative estimate of drug-likeness (QED) is 0.564. The Morgan fingerprint density at radius 3 is 2.53 bits per heavy atom. The van der Waals surface area contributed by atoms with Crippen molar-refractivity contribution < 1.29 is 9.59 Å². The molecule has 0 bridgehead atoms. The molecule has 1 N–H and O–H groups in total. The summed E-state index contributed by atoms with van der Waals surface area (Å²) in [5, 5.41) is 3.20. The van der Waals surface area contributed by atoms with E-state index in [9.17, 15) is 9.59 Å². The fourth-order valence-corrected chi connectivity index (χ4v) is 2.12. The summed E-state index contributed by atoms with van der Waals surface area (Å²) in [6.07, 6.45) is 1.20. The summed E-state index contributed by atoms with van der Waals surface area (Å²) in [7, 11) is 0. The summed E-state index contributed by atoms with van der Waals surface area (Å²) in [5.74, 6) is 0.203. The van der Waals surface area contributed by atoms with E-state index in [1.54, 1.807) is 0 Å². The minimum Gasteiger partial charge on any atom is -0.317 e. The topological polar surface area (TPSA) is 49.4 Å². The van der Waals surface area contributed by atoms with Gasteiger partial charge in [0.25, 0.3) is 0 Å². The molecule has 1 aliphatic heterocycles. The predicted octanol–water partition coefficient (Wildman–Crippen LogP) is 1.41. The maximum atomic E-state index is 12.2. The second-order valence-electron chi connectivity index (χ2n) is 5.31. The molecule has 0 spiro atoms. The number of carbonyl (C=O) groups excluding carboxylic acids is 2. The average molecular weight is 240 g/mol. The SMILES string of the molecule is CCNCCCN1C(=O)CC(C)(C(C)C)C1=O. The Kier molecular flexibility index (Phi) is 4.69. The molecular weight excluding hydrogens is 216 g/mol. The maximum absolute atomic E-state index is 12.2. The Bertz CT molecular complexity index is 302. The molecular formula is C13H24N2O2. The van der Waals surface area contributed by atoms with E-state index in [0.29, 0.717) is 13.0 Å². The van der Waals surface area contributed by atoms with Crippen LogP contribution in [-0.4, -0.2) is 36.3 Å². The van der Waals surface area contributed by atoms with Crippen LogP contribution in [0.5, 0.6) is 0 Å². The molecule has 4 nitrogen and oxygen atoms in total. The van der Waals surface area contributed by atoms with Crippen LogP contribution in [0.4, 0.5) is 0 Å². The first kappa shape index (κ1) is 14.2. The number of hydrogen-bond donors (Lipinski definition) is 1. The van der Waals surface area contributed by atoms with Crippen LogP contribution in [-0.2, 0) is 9.59 Å². The van der Waals surface area contributed by atoms with E-state index in [2.05, 4.69) is 5.32 Å². The van der Waals surface area contributed by atoms with Crippen LogP contribution >= 0.6 is 0 Å². The van der Waals surface area contributed by atoms with Gasteiger partial charge in [-0.1, -0.05) is 20.8 Å². The van der Waals surface area contributed by atoms with E-state index in [-0.39, 0.29) is 17.7 Å². The molecule has 98 valence electrons. The first-order valence-corrected chi connectivity index (χ1v) is 6.49. The van der Waals surface area contributed by atoms with Crippen LogP contribution in [0.15, 0.2) is 0 Å². The third kappa shape index (κ3) is 2.86. The van der Waals surface area contributed by atoms with Crippen LogP contribution in [0.1, 0.15) is 40.5 Å². The molecule has 1 rings (SSSR count). The van der Waals surface area contributed by atoms with Gasteiger partial charge in [-0.3, -0.25) is 14.5 Å². The van der Waals surface area contributed by atoms with Crippen molar-refractivity contribution in [2.75, 3.05) is 19.6 Å². The smallest absolute Gasteiger partial charge is 0.235 e. The van der Waals surface area contributed by atoms with Gasteiger partial charge < -0.3 is 5.32 Å². The highest BCUT2D eigenvalue weighted by Gasteiger charge is 2.49. The molecule has 17 heavy (non-hydrogen) atoms. The van der Waals surface area contributed by atoms with Crippen molar-refractivity contribution in [3.8, 4) is 0 Å². The third-order valence-electron chi connectivity index (χ3n) is 3.81. The lowest BCUT2D eigenvalue weighted by Gasteiger charge is -2.26. The largest absolute Gasteiger partial charge is 0.317 e. The Morgan fingerprint density at radius 1 is 1.41 bits per heavy atom. The highest BCUT2D eigenvalue weighted by Crippen LogP contribution is 2.39. The Labute approximate surface area is 104 Å².